The van der Waals surface area contributed by atoms with Crippen molar-refractivity contribution in [1.29, 1.82) is 0 Å². The summed E-state index contributed by atoms with van der Waals surface area (Å²) in [6.07, 6.45) is 1.63. The summed E-state index contributed by atoms with van der Waals surface area (Å²) >= 11 is 0. The van der Waals surface area contributed by atoms with Crippen LogP contribution in [0.25, 0.3) is 6.08 Å². The van der Waals surface area contributed by atoms with Crippen molar-refractivity contribution < 1.29 is 29.1 Å². The smallest absolute Gasteiger partial charge is 0.337 e. The molecule has 2 N–H and O–H groups in total. The molecule has 0 fully saturated rings. The third kappa shape index (κ3) is 3.57. The predicted octanol–water partition coefficient (Wildman–Crippen LogP) is 1.75. The lowest BCUT2D eigenvalue weighted by molar-refractivity contribution is -0.872. The predicted molar refractivity (Wildman–Crippen MR) is 100 cm³/mol. The van der Waals surface area contributed by atoms with Gasteiger partial charge in [-0.05, 0) is 42.3 Å². The minimum Gasteiger partial charge on any atom is -0.507 e. The van der Waals surface area contributed by atoms with E-state index in [4.69, 9.17) is 4.74 Å². The molecule has 0 saturated heterocycles. The minimum atomic E-state index is -0.420. The van der Waals surface area contributed by atoms with Crippen LogP contribution in [0.3, 0.4) is 0 Å². The van der Waals surface area contributed by atoms with Gasteiger partial charge in [0.25, 0.3) is 0 Å². The average molecular weight is 368 g/mol. The summed E-state index contributed by atoms with van der Waals surface area (Å²) in [5, 5.41) is 10.3. The number of Topliss-reactive ketones (excluding diaryl/α,β-unsaturated/α-hetero) is 1. The maximum atomic E-state index is 12.8. The number of ether oxygens (including phenoxy) is 2. The van der Waals surface area contributed by atoms with Crippen LogP contribution in [0.2, 0.25) is 0 Å². The van der Waals surface area contributed by atoms with Crippen LogP contribution >= 0.6 is 0 Å². The molecular weight excluding hydrogens is 346 g/mol. The Labute approximate surface area is 157 Å². The number of esters is 1. The molecule has 0 amide bonds. The van der Waals surface area contributed by atoms with Crippen LogP contribution < -0.4 is 9.64 Å². The second-order valence-corrected chi connectivity index (χ2v) is 6.83. The molecule has 0 aliphatic carbocycles. The molecule has 0 spiro atoms. The second kappa shape index (κ2) is 7.25. The van der Waals surface area contributed by atoms with Gasteiger partial charge < -0.3 is 19.5 Å². The van der Waals surface area contributed by atoms with E-state index in [0.29, 0.717) is 34.5 Å². The van der Waals surface area contributed by atoms with Crippen LogP contribution in [0, 0.1) is 6.92 Å². The number of aryl methyl sites for hydroxylation is 1. The number of carbonyl (C=O) groups excluding carboxylic acids is 2. The number of methoxy groups -OCH3 is 1. The van der Waals surface area contributed by atoms with Crippen LogP contribution in [0.4, 0.5) is 0 Å². The van der Waals surface area contributed by atoms with E-state index in [1.54, 1.807) is 43.3 Å². The summed E-state index contributed by atoms with van der Waals surface area (Å²) in [5.74, 6) is 0.117. The van der Waals surface area contributed by atoms with E-state index in [1.165, 1.54) is 7.11 Å². The van der Waals surface area contributed by atoms with Crippen molar-refractivity contribution in [2.75, 3.05) is 21.2 Å². The highest BCUT2D eigenvalue weighted by Crippen LogP contribution is 2.41. The number of rotatable bonds is 4. The Bertz CT molecular complexity index is 942. The number of aromatic hydroxyl groups is 1. The number of carbonyl (C=O) groups is 2. The van der Waals surface area contributed by atoms with Gasteiger partial charge in [-0.2, -0.15) is 0 Å². The number of benzene rings is 2. The molecule has 2 aromatic carbocycles. The normalized spacial score (nSPS) is 14.4. The van der Waals surface area contributed by atoms with Gasteiger partial charge in [0.2, 0.25) is 5.78 Å². The summed E-state index contributed by atoms with van der Waals surface area (Å²) in [6, 6.07) is 8.29. The molecule has 0 bridgehead atoms. The van der Waals surface area contributed by atoms with Crippen LogP contribution in [0.15, 0.2) is 36.1 Å². The molecule has 0 aromatic heterocycles. The maximum absolute atomic E-state index is 12.8. The molecular formula is C21H22NO5+. The molecule has 2 aromatic rings. The molecule has 1 aliphatic heterocycles. The zero-order valence-corrected chi connectivity index (χ0v) is 15.8. The first-order valence-electron chi connectivity index (χ1n) is 8.59. The highest BCUT2D eigenvalue weighted by Gasteiger charge is 2.33. The molecule has 1 heterocycles. The number of phenols is 1. The first-order valence-corrected chi connectivity index (χ1v) is 8.59. The Balaban J connectivity index is 1.98. The van der Waals surface area contributed by atoms with Gasteiger partial charge in [0.05, 0.1) is 37.9 Å². The van der Waals surface area contributed by atoms with Gasteiger partial charge >= 0.3 is 5.97 Å². The van der Waals surface area contributed by atoms with Crippen LogP contribution in [-0.4, -0.2) is 38.1 Å². The number of allylic oxidation sites excluding steroid dienone is 1. The lowest BCUT2D eigenvalue weighted by Gasteiger charge is -2.13. The van der Waals surface area contributed by atoms with E-state index in [0.717, 1.165) is 10.5 Å². The fourth-order valence-electron chi connectivity index (χ4n) is 3.09. The first-order chi connectivity index (χ1) is 12.8. The lowest BCUT2D eigenvalue weighted by atomic mass is 9.99. The van der Waals surface area contributed by atoms with Crippen LogP contribution in [-0.2, 0) is 11.3 Å². The first kappa shape index (κ1) is 18.7. The van der Waals surface area contributed by atoms with Crippen molar-refractivity contribution in [3.63, 3.8) is 0 Å². The molecule has 0 unspecified atom stereocenters. The second-order valence-electron chi connectivity index (χ2n) is 6.83. The van der Waals surface area contributed by atoms with Crippen molar-refractivity contribution in [3.8, 4) is 11.5 Å². The van der Waals surface area contributed by atoms with Crippen molar-refractivity contribution in [3.05, 3.63) is 63.9 Å². The van der Waals surface area contributed by atoms with Crippen molar-refractivity contribution in [2.24, 2.45) is 0 Å². The summed E-state index contributed by atoms with van der Waals surface area (Å²) < 4.78 is 10.5. The van der Waals surface area contributed by atoms with Gasteiger partial charge in [-0.15, -0.1) is 0 Å². The van der Waals surface area contributed by atoms with E-state index in [9.17, 15) is 14.7 Å². The molecule has 6 nitrogen and oxygen atoms in total. The molecule has 3 rings (SSSR count). The highest BCUT2D eigenvalue weighted by molar-refractivity contribution is 6.15. The quantitative estimate of drug-likeness (QED) is 0.635. The van der Waals surface area contributed by atoms with Crippen molar-refractivity contribution in [1.82, 2.24) is 0 Å². The number of fused-ring (bicyclic) bond motifs is 1. The zero-order valence-electron chi connectivity index (χ0n) is 15.8. The third-order valence-electron chi connectivity index (χ3n) is 4.38. The SMILES string of the molecule is COC(=O)c1ccc(/C=C2\Oc3c(C[NH+](C)C)c(O)cc(C)c3C2=O)cc1. The monoisotopic (exact) mass is 368 g/mol. The molecule has 0 saturated carbocycles. The molecule has 1 aliphatic rings. The molecule has 0 atom stereocenters. The molecule has 27 heavy (non-hydrogen) atoms. The van der Waals surface area contributed by atoms with Gasteiger partial charge in [0.15, 0.2) is 11.5 Å². The molecule has 0 radical (unpaired) electrons. The molecule has 140 valence electrons. The summed E-state index contributed by atoms with van der Waals surface area (Å²) in [6.45, 7) is 2.31. The number of hydrogen-bond acceptors (Lipinski definition) is 5. The zero-order chi connectivity index (χ0) is 19.7. The van der Waals surface area contributed by atoms with Gasteiger partial charge in [-0.3, -0.25) is 4.79 Å². The highest BCUT2D eigenvalue weighted by atomic mass is 16.5. The number of phenolic OH excluding ortho intramolecular Hbond substituents is 1. The largest absolute Gasteiger partial charge is 0.507 e. The van der Waals surface area contributed by atoms with Gasteiger partial charge in [-0.25, -0.2) is 4.79 Å². The van der Waals surface area contributed by atoms with E-state index in [-0.39, 0.29) is 17.3 Å². The average Bonchev–Trinajstić information content (AvgIpc) is 2.95. The van der Waals surface area contributed by atoms with Crippen LogP contribution in [0.1, 0.15) is 37.4 Å². The number of nitrogens with one attached hydrogen (secondary N) is 1. The summed E-state index contributed by atoms with van der Waals surface area (Å²) in [5.41, 5.74) is 2.93. The Morgan fingerprint density at radius 1 is 1.26 bits per heavy atom. The standard InChI is InChI=1S/C21H21NO5/c1-12-9-16(23)15(11-22(2)3)20-18(12)19(24)17(27-20)10-13-5-7-14(8-6-13)21(25)26-4/h5-10,23H,11H2,1-4H3/p+1/b17-10-. The minimum absolute atomic E-state index is 0.129. The maximum Gasteiger partial charge on any atom is 0.337 e. The summed E-state index contributed by atoms with van der Waals surface area (Å²) in [4.78, 5) is 25.5. The Kier molecular flexibility index (Phi) is 5.01. The Hall–Kier alpha value is -3.12. The lowest BCUT2D eigenvalue weighted by Crippen LogP contribution is -3.04. The Morgan fingerprint density at radius 2 is 1.93 bits per heavy atom. The van der Waals surface area contributed by atoms with E-state index >= 15 is 0 Å². The number of ketones is 1. The fourth-order valence-corrected chi connectivity index (χ4v) is 3.09. The van der Waals surface area contributed by atoms with Crippen molar-refractivity contribution >= 4 is 17.8 Å². The third-order valence-corrected chi connectivity index (χ3v) is 4.38. The van der Waals surface area contributed by atoms with Gasteiger partial charge in [-0.1, -0.05) is 12.1 Å². The Morgan fingerprint density at radius 3 is 2.52 bits per heavy atom. The van der Waals surface area contributed by atoms with Gasteiger partial charge in [0, 0.05) is 0 Å². The van der Waals surface area contributed by atoms with Gasteiger partial charge in [0.1, 0.15) is 12.3 Å². The van der Waals surface area contributed by atoms with Crippen molar-refractivity contribution in [2.45, 2.75) is 13.5 Å². The van der Waals surface area contributed by atoms with E-state index in [1.807, 2.05) is 14.1 Å². The fraction of sp³-hybridized carbons (Fsp3) is 0.238. The van der Waals surface area contributed by atoms with E-state index in [2.05, 4.69) is 4.74 Å². The molecule has 6 heteroatoms. The number of hydrogen-bond donors (Lipinski definition) is 2. The summed E-state index contributed by atoms with van der Waals surface area (Å²) in [7, 11) is 5.25. The van der Waals surface area contributed by atoms with E-state index < -0.39 is 5.97 Å². The topological polar surface area (TPSA) is 77.3 Å². The van der Waals surface area contributed by atoms with Crippen LogP contribution in [0.5, 0.6) is 11.5 Å². The number of quaternary nitrogens is 1.